The second-order valence-electron chi connectivity index (χ2n) is 3.19. The van der Waals surface area contributed by atoms with Crippen LogP contribution in [0, 0.1) is 5.92 Å². The van der Waals surface area contributed by atoms with E-state index in [1.165, 1.54) is 13.3 Å². The van der Waals surface area contributed by atoms with Gasteiger partial charge in [-0.2, -0.15) is 0 Å². The Morgan fingerprint density at radius 1 is 1.42 bits per heavy atom. The number of carbonyl (C=O) groups excluding carboxylic acids is 1. The van der Waals surface area contributed by atoms with E-state index in [1.807, 2.05) is 0 Å². The van der Waals surface area contributed by atoms with Crippen LogP contribution in [0.25, 0.3) is 0 Å². The molecular weight excluding hydrogens is 152 g/mol. The molecule has 0 fully saturated rings. The smallest absolute Gasteiger partial charge is 0.116 e. The van der Waals surface area contributed by atoms with Crippen molar-refractivity contribution in [1.29, 1.82) is 0 Å². The van der Waals surface area contributed by atoms with Crippen molar-refractivity contribution in [2.24, 2.45) is 5.92 Å². The zero-order valence-electron chi connectivity index (χ0n) is 8.71. The van der Waals surface area contributed by atoms with Crippen molar-refractivity contribution in [2.75, 3.05) is 0 Å². The first-order chi connectivity index (χ1) is 5.59. The molecule has 1 unspecified atom stereocenters. The summed E-state index contributed by atoms with van der Waals surface area (Å²) in [4.78, 5) is 8.81. The second kappa shape index (κ2) is 10.6. The Bertz CT molecular complexity index is 89.8. The normalized spacial score (nSPS) is 11.8. The fourth-order valence-electron chi connectivity index (χ4n) is 0.747. The third-order valence-corrected chi connectivity index (χ3v) is 1.62. The van der Waals surface area contributed by atoms with Gasteiger partial charge < -0.3 is 9.90 Å². The molecule has 0 aromatic heterocycles. The highest BCUT2D eigenvalue weighted by Gasteiger charge is 2.06. The molecule has 0 aliphatic rings. The quantitative estimate of drug-likeness (QED) is 0.664. The molecule has 0 saturated carbocycles. The van der Waals surface area contributed by atoms with E-state index >= 15 is 0 Å². The number of hydrogen-bond acceptors (Lipinski definition) is 2. The van der Waals surface area contributed by atoms with Gasteiger partial charge in [0.1, 0.15) is 6.29 Å². The molecule has 0 bridgehead atoms. The highest BCUT2D eigenvalue weighted by molar-refractivity contribution is 5.44. The molecule has 2 heteroatoms. The van der Waals surface area contributed by atoms with Gasteiger partial charge in [0.05, 0.1) is 6.10 Å². The highest BCUT2D eigenvalue weighted by atomic mass is 16.3. The van der Waals surface area contributed by atoms with Crippen LogP contribution in [-0.4, -0.2) is 17.5 Å². The molecule has 0 aliphatic heterocycles. The van der Waals surface area contributed by atoms with Gasteiger partial charge >= 0.3 is 0 Å². The zero-order valence-corrected chi connectivity index (χ0v) is 8.71. The SMILES string of the molecule is CC=O.CCCCC(O)C(C)C. The van der Waals surface area contributed by atoms with E-state index < -0.39 is 0 Å². The highest BCUT2D eigenvalue weighted by Crippen LogP contribution is 2.08. The average molecular weight is 174 g/mol. The molecule has 0 rings (SSSR count). The molecule has 1 N–H and O–H groups in total. The lowest BCUT2D eigenvalue weighted by molar-refractivity contribution is -0.106. The Morgan fingerprint density at radius 2 is 1.83 bits per heavy atom. The number of hydrogen-bond donors (Lipinski definition) is 1. The number of aliphatic hydroxyl groups excluding tert-OH is 1. The summed E-state index contributed by atoms with van der Waals surface area (Å²) < 4.78 is 0. The molecule has 74 valence electrons. The lowest BCUT2D eigenvalue weighted by Crippen LogP contribution is -2.13. The van der Waals surface area contributed by atoms with E-state index in [0.29, 0.717) is 5.92 Å². The molecule has 12 heavy (non-hydrogen) atoms. The molecule has 2 nitrogen and oxygen atoms in total. The number of aldehydes is 1. The first kappa shape index (κ1) is 14.2. The van der Waals surface area contributed by atoms with Crippen LogP contribution in [0.5, 0.6) is 0 Å². The van der Waals surface area contributed by atoms with E-state index in [4.69, 9.17) is 4.79 Å². The van der Waals surface area contributed by atoms with Crippen LogP contribution in [0.3, 0.4) is 0 Å². The Kier molecular flexibility index (Phi) is 12.6. The van der Waals surface area contributed by atoms with Crippen molar-refractivity contribution in [3.8, 4) is 0 Å². The molecule has 1 atom stereocenters. The van der Waals surface area contributed by atoms with Crippen molar-refractivity contribution in [3.63, 3.8) is 0 Å². The summed E-state index contributed by atoms with van der Waals surface area (Å²) in [5.41, 5.74) is 0. The van der Waals surface area contributed by atoms with Crippen molar-refractivity contribution in [3.05, 3.63) is 0 Å². The third kappa shape index (κ3) is 12.3. The molecule has 0 radical (unpaired) electrons. The molecule has 0 aromatic carbocycles. The molecule has 0 saturated heterocycles. The summed E-state index contributed by atoms with van der Waals surface area (Å²) in [6.45, 7) is 7.70. The van der Waals surface area contributed by atoms with E-state index in [1.54, 1.807) is 0 Å². The van der Waals surface area contributed by atoms with Crippen LogP contribution in [-0.2, 0) is 4.79 Å². The maximum absolute atomic E-state index is 9.26. The van der Waals surface area contributed by atoms with Crippen LogP contribution >= 0.6 is 0 Å². The number of aliphatic hydroxyl groups is 1. The fourth-order valence-corrected chi connectivity index (χ4v) is 0.747. The number of rotatable bonds is 4. The van der Waals surface area contributed by atoms with Gasteiger partial charge in [-0.1, -0.05) is 33.6 Å². The van der Waals surface area contributed by atoms with Gasteiger partial charge in [0, 0.05) is 0 Å². The largest absolute Gasteiger partial charge is 0.393 e. The van der Waals surface area contributed by atoms with Crippen LogP contribution in [0.2, 0.25) is 0 Å². The summed E-state index contributed by atoms with van der Waals surface area (Å²) >= 11 is 0. The van der Waals surface area contributed by atoms with Crippen molar-refractivity contribution >= 4 is 6.29 Å². The Hall–Kier alpha value is -0.370. The maximum Gasteiger partial charge on any atom is 0.116 e. The summed E-state index contributed by atoms with van der Waals surface area (Å²) in [6, 6.07) is 0. The van der Waals surface area contributed by atoms with Gasteiger partial charge in [0.15, 0.2) is 0 Å². The van der Waals surface area contributed by atoms with Crippen molar-refractivity contribution < 1.29 is 9.90 Å². The first-order valence-corrected chi connectivity index (χ1v) is 4.67. The van der Waals surface area contributed by atoms with Crippen LogP contribution in [0.1, 0.15) is 47.0 Å². The predicted molar refractivity (Wildman–Crippen MR) is 52.1 cm³/mol. The van der Waals surface area contributed by atoms with E-state index in [2.05, 4.69) is 20.8 Å². The molecule has 0 spiro atoms. The fraction of sp³-hybridized carbons (Fsp3) is 0.900. The summed E-state index contributed by atoms with van der Waals surface area (Å²) in [5, 5.41) is 9.26. The Balaban J connectivity index is 0. The van der Waals surface area contributed by atoms with E-state index in [0.717, 1.165) is 19.1 Å². The van der Waals surface area contributed by atoms with E-state index in [-0.39, 0.29) is 6.10 Å². The summed E-state index contributed by atoms with van der Waals surface area (Å²) in [5.74, 6) is 0.427. The average Bonchev–Trinajstić information content (AvgIpc) is 2.01. The zero-order chi connectivity index (χ0) is 9.98. The number of unbranched alkanes of at least 4 members (excludes halogenated alkanes) is 1. The minimum absolute atomic E-state index is 0.0788. The van der Waals surface area contributed by atoms with Gasteiger partial charge in [0.2, 0.25) is 0 Å². The molecule has 0 aromatic rings. The monoisotopic (exact) mass is 174 g/mol. The predicted octanol–water partition coefficient (Wildman–Crippen LogP) is 2.40. The summed E-state index contributed by atoms with van der Waals surface area (Å²) in [7, 11) is 0. The minimum Gasteiger partial charge on any atom is -0.393 e. The van der Waals surface area contributed by atoms with Crippen LogP contribution in [0.4, 0.5) is 0 Å². The molecule has 0 heterocycles. The van der Waals surface area contributed by atoms with Crippen molar-refractivity contribution in [2.45, 2.75) is 53.1 Å². The minimum atomic E-state index is -0.0788. The van der Waals surface area contributed by atoms with E-state index in [9.17, 15) is 5.11 Å². The molecule has 0 amide bonds. The van der Waals surface area contributed by atoms with Crippen LogP contribution < -0.4 is 0 Å². The molecule has 0 aliphatic carbocycles. The van der Waals surface area contributed by atoms with Crippen LogP contribution in [0.15, 0.2) is 0 Å². The second-order valence-corrected chi connectivity index (χ2v) is 3.19. The number of carbonyl (C=O) groups is 1. The molecular formula is C10H22O2. The Labute approximate surface area is 76.0 Å². The van der Waals surface area contributed by atoms with Gasteiger partial charge in [-0.05, 0) is 19.3 Å². The standard InChI is InChI=1S/C8H18O.C2H4O/c1-4-5-6-8(9)7(2)3;1-2-3/h7-9H,4-6H2,1-3H3;2H,1H3. The maximum atomic E-state index is 9.26. The summed E-state index contributed by atoms with van der Waals surface area (Å²) in [6.07, 6.45) is 3.97. The lowest BCUT2D eigenvalue weighted by atomic mass is 10.0. The Morgan fingerprint density at radius 3 is 2.08 bits per heavy atom. The van der Waals surface area contributed by atoms with Gasteiger partial charge in [0.25, 0.3) is 0 Å². The van der Waals surface area contributed by atoms with Gasteiger partial charge in [-0.3, -0.25) is 0 Å². The topological polar surface area (TPSA) is 37.3 Å². The lowest BCUT2D eigenvalue weighted by Gasteiger charge is -2.12. The first-order valence-electron chi connectivity index (χ1n) is 4.67. The van der Waals surface area contributed by atoms with Gasteiger partial charge in [-0.25, -0.2) is 0 Å². The third-order valence-electron chi connectivity index (χ3n) is 1.62. The van der Waals surface area contributed by atoms with Crippen molar-refractivity contribution in [1.82, 2.24) is 0 Å². The van der Waals surface area contributed by atoms with Gasteiger partial charge in [-0.15, -0.1) is 0 Å².